The number of amides is 3. The number of hydrogen-bond acceptors (Lipinski definition) is 5. The van der Waals surface area contributed by atoms with Crippen molar-refractivity contribution in [2.24, 2.45) is 0 Å². The van der Waals surface area contributed by atoms with E-state index in [1.807, 2.05) is 0 Å². The Morgan fingerprint density at radius 3 is 2.63 bits per heavy atom. The first kappa shape index (κ1) is 20.1. The van der Waals surface area contributed by atoms with Crippen LogP contribution in [-0.4, -0.2) is 37.0 Å². The topological polar surface area (TPSA) is 87.7 Å². The van der Waals surface area contributed by atoms with Gasteiger partial charge in [-0.3, -0.25) is 14.4 Å². The summed E-state index contributed by atoms with van der Waals surface area (Å²) >= 11 is 6.15. The van der Waals surface area contributed by atoms with Crippen molar-refractivity contribution in [1.82, 2.24) is 5.32 Å². The molecule has 0 aliphatic carbocycles. The number of carbonyl (C=O) groups excluding carboxylic acids is 3. The van der Waals surface area contributed by atoms with Gasteiger partial charge >= 0.3 is 0 Å². The summed E-state index contributed by atoms with van der Waals surface area (Å²) in [6, 6.07) is 15.2. The van der Waals surface area contributed by atoms with Gasteiger partial charge in [-0.2, -0.15) is 0 Å². The molecule has 2 aromatic carbocycles. The predicted octanol–water partition coefficient (Wildman–Crippen LogP) is 3.03. The van der Waals surface area contributed by atoms with Crippen LogP contribution >= 0.6 is 11.6 Å². The Morgan fingerprint density at radius 2 is 1.90 bits per heavy atom. The van der Waals surface area contributed by atoms with Crippen molar-refractivity contribution in [2.75, 3.05) is 23.4 Å². The lowest BCUT2D eigenvalue weighted by Crippen LogP contribution is -2.32. The van der Waals surface area contributed by atoms with E-state index in [-0.39, 0.29) is 22.7 Å². The van der Waals surface area contributed by atoms with Gasteiger partial charge in [0.2, 0.25) is 0 Å². The molecule has 0 spiro atoms. The number of hydrogen-bond donors (Lipinski definition) is 2. The third kappa shape index (κ3) is 4.08. The first-order valence-corrected chi connectivity index (χ1v) is 10.0. The molecule has 2 aliphatic rings. The number of rotatable bonds is 6. The van der Waals surface area contributed by atoms with Gasteiger partial charge in [-0.25, -0.2) is 4.90 Å². The number of ether oxygens (including phenoxy) is 1. The molecule has 2 N–H and O–H groups in total. The Bertz CT molecular complexity index is 1020. The molecule has 1 unspecified atom stereocenters. The highest BCUT2D eigenvalue weighted by molar-refractivity contribution is 6.53. The zero-order valence-corrected chi connectivity index (χ0v) is 16.8. The third-order valence-corrected chi connectivity index (χ3v) is 5.30. The van der Waals surface area contributed by atoms with Crippen LogP contribution in [-0.2, 0) is 14.3 Å². The van der Waals surface area contributed by atoms with Crippen molar-refractivity contribution >= 4 is 40.7 Å². The Balaban J connectivity index is 1.47. The molecule has 7 nitrogen and oxygen atoms in total. The minimum Gasteiger partial charge on any atom is -0.376 e. The van der Waals surface area contributed by atoms with Gasteiger partial charge in [0.15, 0.2) is 0 Å². The van der Waals surface area contributed by atoms with Crippen molar-refractivity contribution < 1.29 is 19.1 Å². The van der Waals surface area contributed by atoms with Crippen molar-refractivity contribution in [3.63, 3.8) is 0 Å². The van der Waals surface area contributed by atoms with E-state index >= 15 is 0 Å². The molecule has 2 aliphatic heterocycles. The summed E-state index contributed by atoms with van der Waals surface area (Å²) in [4.78, 5) is 38.8. The van der Waals surface area contributed by atoms with E-state index in [0.29, 0.717) is 23.5 Å². The number of para-hydroxylation sites is 1. The van der Waals surface area contributed by atoms with Crippen LogP contribution in [0.25, 0.3) is 0 Å². The number of anilines is 2. The summed E-state index contributed by atoms with van der Waals surface area (Å²) in [6.07, 6.45) is 1.98. The van der Waals surface area contributed by atoms with Gasteiger partial charge in [0.25, 0.3) is 17.7 Å². The van der Waals surface area contributed by atoms with Crippen molar-refractivity contribution in [3.8, 4) is 0 Å². The highest BCUT2D eigenvalue weighted by Gasteiger charge is 2.38. The lowest BCUT2D eigenvalue weighted by atomic mass is 10.1. The first-order chi connectivity index (χ1) is 14.5. The Morgan fingerprint density at radius 1 is 1.10 bits per heavy atom. The second-order valence-corrected chi connectivity index (χ2v) is 7.40. The third-order valence-electron chi connectivity index (χ3n) is 4.95. The van der Waals surface area contributed by atoms with Crippen LogP contribution in [0.1, 0.15) is 23.2 Å². The van der Waals surface area contributed by atoms with E-state index in [4.69, 9.17) is 16.3 Å². The molecule has 0 saturated carbocycles. The number of nitrogens with zero attached hydrogens (tertiary/aromatic N) is 1. The summed E-state index contributed by atoms with van der Waals surface area (Å²) in [5.41, 5.74) is 1.31. The van der Waals surface area contributed by atoms with Gasteiger partial charge in [0, 0.05) is 24.4 Å². The summed E-state index contributed by atoms with van der Waals surface area (Å²) in [5.74, 6) is -1.39. The van der Waals surface area contributed by atoms with Crippen LogP contribution in [0.2, 0.25) is 0 Å². The summed E-state index contributed by atoms with van der Waals surface area (Å²) in [5, 5.41) is 5.55. The normalized spacial score (nSPS) is 18.8. The molecular formula is C22H20ClN3O4. The lowest BCUT2D eigenvalue weighted by Gasteiger charge is -2.15. The average Bonchev–Trinajstić information content (AvgIpc) is 3.36. The Labute approximate surface area is 178 Å². The molecule has 1 saturated heterocycles. The second kappa shape index (κ2) is 8.69. The second-order valence-electron chi connectivity index (χ2n) is 7.02. The van der Waals surface area contributed by atoms with Crippen molar-refractivity contribution in [1.29, 1.82) is 0 Å². The SMILES string of the molecule is O=C(NCC1CCCO1)c1cccc(NC2=C(Cl)C(=O)N(c3ccccc3)C2=O)c1. The van der Waals surface area contributed by atoms with E-state index in [0.717, 1.165) is 24.3 Å². The molecule has 0 bridgehead atoms. The fourth-order valence-electron chi connectivity index (χ4n) is 3.42. The number of nitrogens with one attached hydrogen (secondary N) is 2. The van der Waals surface area contributed by atoms with Gasteiger partial charge in [0.05, 0.1) is 11.8 Å². The van der Waals surface area contributed by atoms with Gasteiger partial charge in [-0.1, -0.05) is 35.9 Å². The number of benzene rings is 2. The highest BCUT2D eigenvalue weighted by Crippen LogP contribution is 2.30. The van der Waals surface area contributed by atoms with Crippen LogP contribution in [0.5, 0.6) is 0 Å². The highest BCUT2D eigenvalue weighted by atomic mass is 35.5. The fraction of sp³-hybridized carbons (Fsp3) is 0.227. The molecule has 0 radical (unpaired) electrons. The van der Waals surface area contributed by atoms with E-state index in [2.05, 4.69) is 10.6 Å². The molecule has 2 aromatic rings. The molecule has 8 heteroatoms. The standard InChI is InChI=1S/C22H20ClN3O4/c23-18-19(22(29)26(21(18)28)16-8-2-1-3-9-16)25-15-7-4-6-14(12-15)20(27)24-13-17-10-5-11-30-17/h1-4,6-9,12,17,25H,5,10-11,13H2,(H,24,27). The van der Waals surface area contributed by atoms with Gasteiger partial charge in [-0.05, 0) is 43.2 Å². The maximum absolute atomic E-state index is 12.8. The number of imide groups is 1. The monoisotopic (exact) mass is 425 g/mol. The molecule has 4 rings (SSSR count). The van der Waals surface area contributed by atoms with E-state index in [1.165, 1.54) is 0 Å². The summed E-state index contributed by atoms with van der Waals surface area (Å²) in [7, 11) is 0. The number of carbonyl (C=O) groups is 3. The van der Waals surface area contributed by atoms with Gasteiger partial charge < -0.3 is 15.4 Å². The van der Waals surface area contributed by atoms with Crippen LogP contribution in [0.3, 0.4) is 0 Å². The largest absolute Gasteiger partial charge is 0.376 e. The maximum Gasteiger partial charge on any atom is 0.283 e. The van der Waals surface area contributed by atoms with E-state index in [1.54, 1.807) is 54.6 Å². The number of halogens is 1. The molecule has 0 aromatic heterocycles. The van der Waals surface area contributed by atoms with Gasteiger partial charge in [0.1, 0.15) is 10.7 Å². The summed E-state index contributed by atoms with van der Waals surface area (Å²) in [6.45, 7) is 1.18. The van der Waals surface area contributed by atoms with Crippen molar-refractivity contribution in [2.45, 2.75) is 18.9 Å². The Hall–Kier alpha value is -3.16. The molecule has 2 heterocycles. The molecule has 30 heavy (non-hydrogen) atoms. The quantitative estimate of drug-likeness (QED) is 0.694. The molecule has 154 valence electrons. The van der Waals surface area contributed by atoms with E-state index < -0.39 is 11.8 Å². The van der Waals surface area contributed by atoms with Crippen LogP contribution in [0, 0.1) is 0 Å². The van der Waals surface area contributed by atoms with E-state index in [9.17, 15) is 14.4 Å². The smallest absolute Gasteiger partial charge is 0.283 e. The molecule has 3 amide bonds. The first-order valence-electron chi connectivity index (χ1n) is 9.65. The fourth-order valence-corrected chi connectivity index (χ4v) is 3.63. The average molecular weight is 426 g/mol. The molecular weight excluding hydrogens is 406 g/mol. The van der Waals surface area contributed by atoms with Crippen LogP contribution in [0.4, 0.5) is 11.4 Å². The molecule has 1 fully saturated rings. The van der Waals surface area contributed by atoms with Crippen molar-refractivity contribution in [3.05, 3.63) is 70.9 Å². The van der Waals surface area contributed by atoms with Crippen LogP contribution < -0.4 is 15.5 Å². The van der Waals surface area contributed by atoms with Crippen LogP contribution in [0.15, 0.2) is 65.3 Å². The maximum atomic E-state index is 12.8. The minimum absolute atomic E-state index is 0.0255. The Kier molecular flexibility index (Phi) is 5.83. The zero-order chi connectivity index (χ0) is 21.1. The van der Waals surface area contributed by atoms with Gasteiger partial charge in [-0.15, -0.1) is 0 Å². The zero-order valence-electron chi connectivity index (χ0n) is 16.1. The lowest BCUT2D eigenvalue weighted by molar-refractivity contribution is -0.120. The minimum atomic E-state index is -0.596. The molecule has 1 atom stereocenters. The predicted molar refractivity (Wildman–Crippen MR) is 113 cm³/mol. The summed E-state index contributed by atoms with van der Waals surface area (Å²) < 4.78 is 5.51.